The highest BCUT2D eigenvalue weighted by molar-refractivity contribution is 7.98. The van der Waals surface area contributed by atoms with Crippen LogP contribution in [-0.4, -0.2) is 12.8 Å². The van der Waals surface area contributed by atoms with Crippen molar-refractivity contribution in [3.63, 3.8) is 0 Å². The van der Waals surface area contributed by atoms with Crippen molar-refractivity contribution < 1.29 is 4.39 Å². The number of benzene rings is 1. The van der Waals surface area contributed by atoms with E-state index in [1.165, 1.54) is 33.6 Å². The molecule has 1 N–H and O–H groups in total. The second-order valence-corrected chi connectivity index (χ2v) is 6.95. The predicted octanol–water partition coefficient (Wildman–Crippen LogP) is 3.99. The van der Waals surface area contributed by atoms with Gasteiger partial charge in [0.2, 0.25) is 0 Å². The molecule has 0 amide bonds. The zero-order valence-corrected chi connectivity index (χ0v) is 12.4. The minimum atomic E-state index is -0.172. The largest absolute Gasteiger partial charge is 0.309 e. The van der Waals surface area contributed by atoms with E-state index in [9.17, 15) is 4.39 Å². The van der Waals surface area contributed by atoms with Crippen molar-refractivity contribution >= 4 is 23.1 Å². The summed E-state index contributed by atoms with van der Waals surface area (Å²) in [5, 5.41) is 3.31. The molecule has 0 saturated carbocycles. The van der Waals surface area contributed by atoms with Gasteiger partial charge in [-0.1, -0.05) is 12.1 Å². The minimum absolute atomic E-state index is 0.0938. The summed E-state index contributed by atoms with van der Waals surface area (Å²) < 4.78 is 13.4. The van der Waals surface area contributed by atoms with Gasteiger partial charge in [-0.15, -0.1) is 11.3 Å². The third kappa shape index (κ3) is 2.71. The molecule has 1 atom stereocenters. The Kier molecular flexibility index (Phi) is 3.91. The summed E-state index contributed by atoms with van der Waals surface area (Å²) in [5.41, 5.74) is 2.46. The average molecular weight is 293 g/mol. The standard InChI is InChI=1S/C15H16FNS2/c1-17-15(10-3-2-4-12(16)7-10)14-8-11-9-18-6-5-13(11)19-14/h2-4,7-8,15,17H,5-6,9H2,1H3. The van der Waals surface area contributed by atoms with Crippen LogP contribution in [-0.2, 0) is 12.2 Å². The van der Waals surface area contributed by atoms with E-state index in [1.54, 1.807) is 12.1 Å². The van der Waals surface area contributed by atoms with Gasteiger partial charge in [0.05, 0.1) is 6.04 Å². The molecular weight excluding hydrogens is 277 g/mol. The third-order valence-electron chi connectivity index (χ3n) is 3.40. The van der Waals surface area contributed by atoms with Crippen molar-refractivity contribution in [3.05, 3.63) is 57.0 Å². The second-order valence-electron chi connectivity index (χ2n) is 4.68. The lowest BCUT2D eigenvalue weighted by molar-refractivity contribution is 0.618. The van der Waals surface area contributed by atoms with E-state index in [0.717, 1.165) is 11.3 Å². The topological polar surface area (TPSA) is 12.0 Å². The van der Waals surface area contributed by atoms with E-state index < -0.39 is 0 Å². The van der Waals surface area contributed by atoms with Crippen LogP contribution in [0.25, 0.3) is 0 Å². The first-order chi connectivity index (χ1) is 9.28. The highest BCUT2D eigenvalue weighted by Crippen LogP contribution is 2.36. The maximum atomic E-state index is 13.4. The van der Waals surface area contributed by atoms with Crippen molar-refractivity contribution in [2.24, 2.45) is 0 Å². The lowest BCUT2D eigenvalue weighted by atomic mass is 10.0. The van der Waals surface area contributed by atoms with Gasteiger partial charge in [-0.05, 0) is 48.5 Å². The van der Waals surface area contributed by atoms with Crippen molar-refractivity contribution in [2.75, 3.05) is 12.8 Å². The SMILES string of the molecule is CNC(c1cccc(F)c1)c1cc2c(s1)CCSC2. The number of halogens is 1. The molecule has 4 heteroatoms. The van der Waals surface area contributed by atoms with Crippen LogP contribution in [0.3, 0.4) is 0 Å². The van der Waals surface area contributed by atoms with Crippen LogP contribution < -0.4 is 5.32 Å². The van der Waals surface area contributed by atoms with E-state index in [2.05, 4.69) is 11.4 Å². The van der Waals surface area contributed by atoms with Crippen molar-refractivity contribution in [1.82, 2.24) is 5.32 Å². The fourth-order valence-corrected chi connectivity index (χ4v) is 4.99. The maximum Gasteiger partial charge on any atom is 0.123 e. The lowest BCUT2D eigenvalue weighted by Gasteiger charge is -2.15. The van der Waals surface area contributed by atoms with E-state index in [1.807, 2.05) is 36.2 Å². The summed E-state index contributed by atoms with van der Waals surface area (Å²) in [6, 6.07) is 9.26. The van der Waals surface area contributed by atoms with Gasteiger partial charge in [-0.25, -0.2) is 4.39 Å². The molecule has 1 nitrogen and oxygen atoms in total. The summed E-state index contributed by atoms with van der Waals surface area (Å²) >= 11 is 3.87. The van der Waals surface area contributed by atoms with Crippen molar-refractivity contribution in [1.29, 1.82) is 0 Å². The number of thiophene rings is 1. The number of thioether (sulfide) groups is 1. The fraction of sp³-hybridized carbons (Fsp3) is 0.333. The molecule has 1 aliphatic rings. The summed E-state index contributed by atoms with van der Waals surface area (Å²) in [6.45, 7) is 0. The summed E-state index contributed by atoms with van der Waals surface area (Å²) in [5.74, 6) is 2.16. The lowest BCUT2D eigenvalue weighted by Crippen LogP contribution is -2.16. The fourth-order valence-electron chi connectivity index (χ4n) is 2.47. The summed E-state index contributed by atoms with van der Waals surface area (Å²) in [6.07, 6.45) is 1.17. The second kappa shape index (κ2) is 5.65. The Balaban J connectivity index is 1.96. The normalized spacial score (nSPS) is 16.1. The molecule has 0 spiro atoms. The monoisotopic (exact) mass is 293 g/mol. The van der Waals surface area contributed by atoms with Crippen LogP contribution in [0.1, 0.15) is 26.9 Å². The molecular formula is C15H16FNS2. The van der Waals surface area contributed by atoms with Gasteiger partial charge in [-0.3, -0.25) is 0 Å². The van der Waals surface area contributed by atoms with Crippen LogP contribution in [0.15, 0.2) is 30.3 Å². The Morgan fingerprint density at radius 3 is 2.95 bits per heavy atom. The highest BCUT2D eigenvalue weighted by Gasteiger charge is 2.19. The molecule has 100 valence electrons. The smallest absolute Gasteiger partial charge is 0.123 e. The molecule has 0 saturated heterocycles. The first-order valence-corrected chi connectivity index (χ1v) is 8.37. The van der Waals surface area contributed by atoms with Gasteiger partial charge >= 0.3 is 0 Å². The molecule has 0 aliphatic carbocycles. The molecule has 19 heavy (non-hydrogen) atoms. The third-order valence-corrected chi connectivity index (χ3v) is 5.71. The number of hydrogen-bond donors (Lipinski definition) is 1. The summed E-state index contributed by atoms with van der Waals surface area (Å²) in [4.78, 5) is 2.80. The maximum absolute atomic E-state index is 13.4. The van der Waals surface area contributed by atoms with Crippen molar-refractivity contribution in [2.45, 2.75) is 18.2 Å². The molecule has 1 unspecified atom stereocenters. The molecule has 1 aromatic carbocycles. The van der Waals surface area contributed by atoms with Gasteiger partial charge in [0.15, 0.2) is 0 Å². The van der Waals surface area contributed by atoms with Crippen LogP contribution >= 0.6 is 23.1 Å². The molecule has 1 aromatic heterocycles. The van der Waals surface area contributed by atoms with Gasteiger partial charge in [0.1, 0.15) is 5.82 Å². The van der Waals surface area contributed by atoms with Crippen LogP contribution in [0.2, 0.25) is 0 Å². The van der Waals surface area contributed by atoms with Gasteiger partial charge < -0.3 is 5.32 Å². The average Bonchev–Trinajstić information content (AvgIpc) is 2.83. The van der Waals surface area contributed by atoms with E-state index in [-0.39, 0.29) is 11.9 Å². The number of nitrogens with one attached hydrogen (secondary N) is 1. The Bertz CT molecular complexity index is 556. The van der Waals surface area contributed by atoms with E-state index >= 15 is 0 Å². The van der Waals surface area contributed by atoms with Crippen LogP contribution in [0.4, 0.5) is 4.39 Å². The Hall–Kier alpha value is -0.840. The van der Waals surface area contributed by atoms with Crippen molar-refractivity contribution in [3.8, 4) is 0 Å². The summed E-state index contributed by atoms with van der Waals surface area (Å²) in [7, 11) is 1.93. The molecule has 0 bridgehead atoms. The first kappa shape index (κ1) is 13.2. The number of rotatable bonds is 3. The number of aryl methyl sites for hydroxylation is 1. The van der Waals surface area contributed by atoms with E-state index in [0.29, 0.717) is 0 Å². The Morgan fingerprint density at radius 1 is 1.32 bits per heavy atom. The molecule has 0 radical (unpaired) electrons. The van der Waals surface area contributed by atoms with Crippen LogP contribution in [0, 0.1) is 5.82 Å². The zero-order valence-electron chi connectivity index (χ0n) is 10.8. The quantitative estimate of drug-likeness (QED) is 0.918. The van der Waals surface area contributed by atoms with Gasteiger partial charge in [0, 0.05) is 15.5 Å². The Labute approximate surface area is 121 Å². The first-order valence-electron chi connectivity index (χ1n) is 6.40. The highest BCUT2D eigenvalue weighted by atomic mass is 32.2. The number of hydrogen-bond acceptors (Lipinski definition) is 3. The van der Waals surface area contributed by atoms with Crippen LogP contribution in [0.5, 0.6) is 0 Å². The molecule has 1 aliphatic heterocycles. The molecule has 0 fully saturated rings. The minimum Gasteiger partial charge on any atom is -0.309 e. The van der Waals surface area contributed by atoms with Gasteiger partial charge in [0.25, 0.3) is 0 Å². The molecule has 2 aromatic rings. The van der Waals surface area contributed by atoms with E-state index in [4.69, 9.17) is 0 Å². The molecule has 2 heterocycles. The Morgan fingerprint density at radius 2 is 2.21 bits per heavy atom. The predicted molar refractivity (Wildman–Crippen MR) is 81.5 cm³/mol. The zero-order chi connectivity index (χ0) is 13.2. The molecule has 3 rings (SSSR count). The number of fused-ring (bicyclic) bond motifs is 1. The van der Waals surface area contributed by atoms with Gasteiger partial charge in [-0.2, -0.15) is 11.8 Å².